The molecule has 120 valence electrons. The third-order valence-electron chi connectivity index (χ3n) is 3.32. The maximum atomic E-state index is 5.44. The number of hydrogen-bond acceptors (Lipinski definition) is 5. The van der Waals surface area contributed by atoms with Crippen LogP contribution in [0.25, 0.3) is 0 Å². The van der Waals surface area contributed by atoms with Gasteiger partial charge in [-0.2, -0.15) is 0 Å². The van der Waals surface area contributed by atoms with Crippen molar-refractivity contribution < 1.29 is 4.74 Å². The molecule has 0 aromatic carbocycles. The normalized spacial score (nSPS) is 10.7. The molecule has 0 atom stereocenters. The Morgan fingerprint density at radius 1 is 1.14 bits per heavy atom. The summed E-state index contributed by atoms with van der Waals surface area (Å²) in [6, 6.07) is 0. The lowest BCUT2D eigenvalue weighted by Crippen LogP contribution is -2.25. The summed E-state index contributed by atoms with van der Waals surface area (Å²) in [7, 11) is 2.06. The Balaban J connectivity index is 2.95. The van der Waals surface area contributed by atoms with Crippen molar-refractivity contribution in [1.82, 2.24) is 9.97 Å². The fourth-order valence-electron chi connectivity index (χ4n) is 2.12. The molecule has 0 fully saturated rings. The molecule has 1 heterocycles. The Bertz CT molecular complexity index is 423. The molecule has 0 aliphatic heterocycles. The minimum Gasteiger partial charge on any atom is -0.380 e. The maximum Gasteiger partial charge on any atom is 0.137 e. The summed E-state index contributed by atoms with van der Waals surface area (Å²) < 4.78 is 5.44. The number of aromatic nitrogens is 2. The predicted molar refractivity (Wildman–Crippen MR) is 89.3 cm³/mol. The molecule has 0 aliphatic rings. The zero-order valence-corrected chi connectivity index (χ0v) is 14.2. The average molecular weight is 294 g/mol. The van der Waals surface area contributed by atoms with Crippen LogP contribution in [0.5, 0.6) is 0 Å². The first-order valence-corrected chi connectivity index (χ1v) is 8.04. The van der Waals surface area contributed by atoms with E-state index >= 15 is 0 Å². The van der Waals surface area contributed by atoms with Gasteiger partial charge in [-0.25, -0.2) is 9.97 Å². The van der Waals surface area contributed by atoms with Crippen molar-refractivity contribution >= 4 is 11.6 Å². The lowest BCUT2D eigenvalue weighted by molar-refractivity contribution is 0.154. The molecule has 1 aromatic rings. The van der Waals surface area contributed by atoms with Crippen LogP contribution in [0.15, 0.2) is 0 Å². The standard InChI is InChI=1S/C16H30N4O/c1-6-9-14-18-15(17-10-7-2)13(4)16(19-14)20(5)11-12-21-8-3/h6-12H2,1-5H3,(H,17,18,19). The molecule has 0 aliphatic carbocycles. The molecular weight excluding hydrogens is 264 g/mol. The first kappa shape index (κ1) is 17.7. The SMILES string of the molecule is CCCNc1nc(CCC)nc(N(C)CCOCC)c1C. The Labute approximate surface area is 129 Å². The van der Waals surface area contributed by atoms with Gasteiger partial charge in [0.1, 0.15) is 17.5 Å². The van der Waals surface area contributed by atoms with E-state index in [1.807, 2.05) is 6.92 Å². The van der Waals surface area contributed by atoms with Gasteiger partial charge in [-0.1, -0.05) is 13.8 Å². The summed E-state index contributed by atoms with van der Waals surface area (Å²) in [5.74, 6) is 2.89. The highest BCUT2D eigenvalue weighted by Gasteiger charge is 2.13. The van der Waals surface area contributed by atoms with E-state index in [0.717, 1.165) is 68.6 Å². The first-order valence-electron chi connectivity index (χ1n) is 8.04. The third kappa shape index (κ3) is 5.50. The van der Waals surface area contributed by atoms with Crippen LogP contribution in [0, 0.1) is 6.92 Å². The second kappa shape index (κ2) is 9.55. The molecule has 1 N–H and O–H groups in total. The molecule has 5 heteroatoms. The number of ether oxygens (including phenoxy) is 1. The summed E-state index contributed by atoms with van der Waals surface area (Å²) in [5.41, 5.74) is 1.11. The van der Waals surface area contributed by atoms with Crippen molar-refractivity contribution in [3.05, 3.63) is 11.4 Å². The molecule has 0 radical (unpaired) electrons. The van der Waals surface area contributed by atoms with Gasteiger partial charge in [0.05, 0.1) is 6.61 Å². The molecule has 0 unspecified atom stereocenters. The summed E-state index contributed by atoms with van der Waals surface area (Å²) in [6.45, 7) is 11.7. The van der Waals surface area contributed by atoms with Gasteiger partial charge < -0.3 is 15.0 Å². The van der Waals surface area contributed by atoms with Crippen LogP contribution in [0.3, 0.4) is 0 Å². The number of anilines is 2. The van der Waals surface area contributed by atoms with Gasteiger partial charge >= 0.3 is 0 Å². The van der Waals surface area contributed by atoms with E-state index in [2.05, 4.69) is 43.0 Å². The Morgan fingerprint density at radius 3 is 2.52 bits per heavy atom. The second-order valence-corrected chi connectivity index (χ2v) is 5.23. The lowest BCUT2D eigenvalue weighted by Gasteiger charge is -2.22. The highest BCUT2D eigenvalue weighted by Crippen LogP contribution is 2.23. The van der Waals surface area contributed by atoms with Crippen molar-refractivity contribution in [2.75, 3.05) is 43.6 Å². The largest absolute Gasteiger partial charge is 0.380 e. The highest BCUT2D eigenvalue weighted by atomic mass is 16.5. The van der Waals surface area contributed by atoms with Gasteiger partial charge in [-0.15, -0.1) is 0 Å². The lowest BCUT2D eigenvalue weighted by atomic mass is 10.2. The topological polar surface area (TPSA) is 50.3 Å². The van der Waals surface area contributed by atoms with Crippen LogP contribution in [0.4, 0.5) is 11.6 Å². The van der Waals surface area contributed by atoms with Gasteiger partial charge in [-0.3, -0.25) is 0 Å². The van der Waals surface area contributed by atoms with Gasteiger partial charge in [0.25, 0.3) is 0 Å². The molecule has 0 spiro atoms. The Hall–Kier alpha value is -1.36. The van der Waals surface area contributed by atoms with E-state index in [1.54, 1.807) is 0 Å². The quantitative estimate of drug-likeness (QED) is 0.672. The van der Waals surface area contributed by atoms with E-state index in [-0.39, 0.29) is 0 Å². The molecule has 5 nitrogen and oxygen atoms in total. The van der Waals surface area contributed by atoms with Crippen molar-refractivity contribution in [3.63, 3.8) is 0 Å². The van der Waals surface area contributed by atoms with Gasteiger partial charge in [0.2, 0.25) is 0 Å². The molecule has 1 aromatic heterocycles. The number of hydrogen-bond donors (Lipinski definition) is 1. The number of nitrogens with zero attached hydrogens (tertiary/aromatic N) is 3. The zero-order chi connectivity index (χ0) is 15.7. The first-order chi connectivity index (χ1) is 10.1. The van der Waals surface area contributed by atoms with Crippen LogP contribution >= 0.6 is 0 Å². The number of rotatable bonds is 10. The van der Waals surface area contributed by atoms with E-state index in [1.165, 1.54) is 0 Å². The minimum absolute atomic E-state index is 0.720. The number of nitrogens with one attached hydrogen (secondary N) is 1. The smallest absolute Gasteiger partial charge is 0.137 e. The van der Waals surface area contributed by atoms with Crippen LogP contribution in [-0.4, -0.2) is 43.3 Å². The van der Waals surface area contributed by atoms with Crippen LogP contribution in [0.2, 0.25) is 0 Å². The molecular formula is C16H30N4O. The van der Waals surface area contributed by atoms with Gasteiger partial charge in [-0.05, 0) is 26.7 Å². The molecule has 0 saturated carbocycles. The molecule has 0 bridgehead atoms. The second-order valence-electron chi connectivity index (χ2n) is 5.23. The summed E-state index contributed by atoms with van der Waals surface area (Å²) in [5, 5.41) is 3.41. The monoisotopic (exact) mass is 294 g/mol. The predicted octanol–water partition coefficient (Wildman–Crippen LogP) is 3.03. The molecule has 21 heavy (non-hydrogen) atoms. The summed E-state index contributed by atoms with van der Waals surface area (Å²) in [6.07, 6.45) is 3.05. The summed E-state index contributed by atoms with van der Waals surface area (Å²) >= 11 is 0. The van der Waals surface area contributed by atoms with E-state index in [4.69, 9.17) is 9.72 Å². The van der Waals surface area contributed by atoms with Crippen LogP contribution in [0.1, 0.15) is 45.0 Å². The Kier molecular flexibility index (Phi) is 8.05. The van der Waals surface area contributed by atoms with E-state index in [0.29, 0.717) is 0 Å². The molecule has 0 amide bonds. The van der Waals surface area contributed by atoms with Gasteiger partial charge in [0, 0.05) is 38.7 Å². The van der Waals surface area contributed by atoms with Gasteiger partial charge in [0.15, 0.2) is 0 Å². The molecule has 0 saturated heterocycles. The number of aryl methyl sites for hydroxylation is 1. The van der Waals surface area contributed by atoms with Crippen molar-refractivity contribution in [1.29, 1.82) is 0 Å². The average Bonchev–Trinajstić information content (AvgIpc) is 2.47. The van der Waals surface area contributed by atoms with Crippen molar-refractivity contribution in [2.24, 2.45) is 0 Å². The van der Waals surface area contributed by atoms with E-state index < -0.39 is 0 Å². The molecule has 1 rings (SSSR count). The minimum atomic E-state index is 0.720. The zero-order valence-electron chi connectivity index (χ0n) is 14.2. The number of likely N-dealkylation sites (N-methyl/N-ethyl adjacent to an activating group) is 1. The van der Waals surface area contributed by atoms with Crippen molar-refractivity contribution in [3.8, 4) is 0 Å². The Morgan fingerprint density at radius 2 is 1.90 bits per heavy atom. The third-order valence-corrected chi connectivity index (χ3v) is 3.32. The maximum absolute atomic E-state index is 5.44. The van der Waals surface area contributed by atoms with Crippen molar-refractivity contribution in [2.45, 2.75) is 47.0 Å². The van der Waals surface area contributed by atoms with Crippen LogP contribution in [-0.2, 0) is 11.2 Å². The highest BCUT2D eigenvalue weighted by molar-refractivity contribution is 5.58. The fourth-order valence-corrected chi connectivity index (χ4v) is 2.12. The van der Waals surface area contributed by atoms with Crippen LogP contribution < -0.4 is 10.2 Å². The summed E-state index contributed by atoms with van der Waals surface area (Å²) in [4.78, 5) is 11.5. The fraction of sp³-hybridized carbons (Fsp3) is 0.750. The van der Waals surface area contributed by atoms with E-state index in [9.17, 15) is 0 Å².